The van der Waals surface area contributed by atoms with Crippen LogP contribution in [0.1, 0.15) is 18.9 Å². The molecular weight excluding hydrogens is 276 g/mol. The van der Waals surface area contributed by atoms with Gasteiger partial charge in [-0.05, 0) is 36.6 Å². The van der Waals surface area contributed by atoms with Gasteiger partial charge in [0, 0.05) is 19.1 Å². The predicted molar refractivity (Wildman–Crippen MR) is 79.5 cm³/mol. The number of halogens is 1. The molecule has 2 unspecified atom stereocenters. The number of hydrogen-bond donors (Lipinski definition) is 1. The first-order chi connectivity index (χ1) is 9.63. The van der Waals surface area contributed by atoms with Crippen molar-refractivity contribution in [2.75, 3.05) is 26.3 Å². The Balaban J connectivity index is 1.73. The van der Waals surface area contributed by atoms with Crippen LogP contribution in [0, 0.1) is 5.92 Å². The second kappa shape index (κ2) is 5.80. The normalized spacial score (nSPS) is 26.6. The SMILES string of the molecule is CC1CN(Cc2cc(Cl)c3c(c2)OCCO3)CCC1N. The summed E-state index contributed by atoms with van der Waals surface area (Å²) in [5.74, 6) is 1.98. The van der Waals surface area contributed by atoms with Crippen LogP contribution >= 0.6 is 11.6 Å². The maximum absolute atomic E-state index is 6.27. The molecule has 2 aliphatic rings. The van der Waals surface area contributed by atoms with Gasteiger partial charge in [0.25, 0.3) is 0 Å². The van der Waals surface area contributed by atoms with E-state index in [2.05, 4.69) is 11.8 Å². The zero-order valence-corrected chi connectivity index (χ0v) is 12.5. The molecule has 5 heteroatoms. The van der Waals surface area contributed by atoms with Crippen LogP contribution in [-0.4, -0.2) is 37.2 Å². The highest BCUT2D eigenvalue weighted by Crippen LogP contribution is 2.38. The lowest BCUT2D eigenvalue weighted by Crippen LogP contribution is -2.45. The van der Waals surface area contributed by atoms with Crippen molar-refractivity contribution in [3.63, 3.8) is 0 Å². The molecule has 0 saturated carbocycles. The number of fused-ring (bicyclic) bond motifs is 1. The average Bonchev–Trinajstić information content (AvgIpc) is 2.43. The van der Waals surface area contributed by atoms with Crippen molar-refractivity contribution in [1.29, 1.82) is 0 Å². The van der Waals surface area contributed by atoms with Crippen molar-refractivity contribution >= 4 is 11.6 Å². The molecule has 0 aromatic heterocycles. The summed E-state index contributed by atoms with van der Waals surface area (Å²) in [6.07, 6.45) is 1.06. The van der Waals surface area contributed by atoms with Crippen LogP contribution in [0.4, 0.5) is 0 Å². The maximum Gasteiger partial charge on any atom is 0.179 e. The fraction of sp³-hybridized carbons (Fsp3) is 0.600. The first-order valence-electron chi connectivity index (χ1n) is 7.19. The third-order valence-electron chi connectivity index (χ3n) is 4.12. The average molecular weight is 297 g/mol. The molecule has 2 heterocycles. The van der Waals surface area contributed by atoms with Gasteiger partial charge in [0.2, 0.25) is 0 Å². The molecule has 4 nitrogen and oxygen atoms in total. The Morgan fingerprint density at radius 2 is 2.15 bits per heavy atom. The summed E-state index contributed by atoms with van der Waals surface area (Å²) >= 11 is 6.27. The number of hydrogen-bond acceptors (Lipinski definition) is 4. The van der Waals surface area contributed by atoms with E-state index in [1.807, 2.05) is 12.1 Å². The summed E-state index contributed by atoms with van der Waals surface area (Å²) < 4.78 is 11.2. The zero-order chi connectivity index (χ0) is 14.1. The van der Waals surface area contributed by atoms with E-state index in [4.69, 9.17) is 26.8 Å². The molecule has 2 aliphatic heterocycles. The van der Waals surface area contributed by atoms with Crippen molar-refractivity contribution < 1.29 is 9.47 Å². The number of rotatable bonds is 2. The highest BCUT2D eigenvalue weighted by molar-refractivity contribution is 6.32. The third-order valence-corrected chi connectivity index (χ3v) is 4.40. The Kier molecular flexibility index (Phi) is 4.06. The van der Waals surface area contributed by atoms with Gasteiger partial charge in [-0.25, -0.2) is 0 Å². The van der Waals surface area contributed by atoms with Gasteiger partial charge in [-0.2, -0.15) is 0 Å². The Bertz CT molecular complexity index is 495. The molecule has 0 radical (unpaired) electrons. The summed E-state index contributed by atoms with van der Waals surface area (Å²) in [5, 5.41) is 0.638. The van der Waals surface area contributed by atoms with Crippen LogP contribution < -0.4 is 15.2 Å². The molecule has 2 N–H and O–H groups in total. The quantitative estimate of drug-likeness (QED) is 0.909. The molecule has 3 rings (SSSR count). The summed E-state index contributed by atoms with van der Waals surface area (Å²) in [7, 11) is 0. The monoisotopic (exact) mass is 296 g/mol. The lowest BCUT2D eigenvalue weighted by molar-refractivity contribution is 0.156. The Morgan fingerprint density at radius 1 is 1.35 bits per heavy atom. The minimum atomic E-state index is 0.329. The van der Waals surface area contributed by atoms with Gasteiger partial charge in [-0.15, -0.1) is 0 Å². The molecule has 1 fully saturated rings. The minimum Gasteiger partial charge on any atom is -0.486 e. The van der Waals surface area contributed by atoms with Gasteiger partial charge in [-0.1, -0.05) is 18.5 Å². The van der Waals surface area contributed by atoms with Crippen LogP contribution in [0.3, 0.4) is 0 Å². The summed E-state index contributed by atoms with van der Waals surface area (Å²) in [5.41, 5.74) is 7.23. The van der Waals surface area contributed by atoms with Gasteiger partial charge in [0.1, 0.15) is 13.2 Å². The maximum atomic E-state index is 6.27. The van der Waals surface area contributed by atoms with Crippen molar-refractivity contribution in [3.8, 4) is 11.5 Å². The van der Waals surface area contributed by atoms with Gasteiger partial charge in [0.05, 0.1) is 5.02 Å². The van der Waals surface area contributed by atoms with Crippen LogP contribution in [0.25, 0.3) is 0 Å². The molecule has 1 aromatic rings. The molecule has 0 amide bonds. The van der Waals surface area contributed by atoms with Gasteiger partial charge < -0.3 is 15.2 Å². The van der Waals surface area contributed by atoms with Crippen molar-refractivity contribution in [2.45, 2.75) is 25.9 Å². The van der Waals surface area contributed by atoms with E-state index in [1.54, 1.807) is 0 Å². The van der Waals surface area contributed by atoms with E-state index in [1.165, 1.54) is 5.56 Å². The third kappa shape index (κ3) is 2.87. The van der Waals surface area contributed by atoms with E-state index in [0.29, 0.717) is 35.9 Å². The molecule has 20 heavy (non-hydrogen) atoms. The fourth-order valence-corrected chi connectivity index (χ4v) is 3.20. The highest BCUT2D eigenvalue weighted by Gasteiger charge is 2.24. The molecule has 1 saturated heterocycles. The van der Waals surface area contributed by atoms with Crippen molar-refractivity contribution in [2.24, 2.45) is 11.7 Å². The van der Waals surface area contributed by atoms with E-state index in [9.17, 15) is 0 Å². The zero-order valence-electron chi connectivity index (χ0n) is 11.8. The molecule has 0 aliphatic carbocycles. The molecule has 1 aromatic carbocycles. The second-order valence-electron chi connectivity index (χ2n) is 5.77. The number of ether oxygens (including phenoxy) is 2. The topological polar surface area (TPSA) is 47.7 Å². The molecule has 0 bridgehead atoms. The molecule has 2 atom stereocenters. The lowest BCUT2D eigenvalue weighted by atomic mass is 9.94. The number of nitrogens with two attached hydrogens (primary N) is 1. The summed E-state index contributed by atoms with van der Waals surface area (Å²) in [6.45, 7) is 6.32. The minimum absolute atomic E-state index is 0.329. The number of benzene rings is 1. The standard InChI is InChI=1S/C15H21ClN2O2/c1-10-8-18(3-2-13(10)17)9-11-6-12(16)15-14(7-11)19-4-5-20-15/h6-7,10,13H,2-5,8-9,17H2,1H3. The van der Waals surface area contributed by atoms with Gasteiger partial charge in [0.15, 0.2) is 11.5 Å². The molecular formula is C15H21ClN2O2. The van der Waals surface area contributed by atoms with E-state index in [0.717, 1.165) is 31.8 Å². The van der Waals surface area contributed by atoms with Crippen molar-refractivity contribution in [1.82, 2.24) is 4.90 Å². The van der Waals surface area contributed by atoms with Crippen LogP contribution in [0.5, 0.6) is 11.5 Å². The van der Waals surface area contributed by atoms with Crippen LogP contribution in [0.2, 0.25) is 5.02 Å². The first-order valence-corrected chi connectivity index (χ1v) is 7.57. The Labute approximate surface area is 124 Å². The lowest BCUT2D eigenvalue weighted by Gasteiger charge is -2.35. The largest absolute Gasteiger partial charge is 0.486 e. The van der Waals surface area contributed by atoms with Gasteiger partial charge >= 0.3 is 0 Å². The Hall–Kier alpha value is -0.970. The van der Waals surface area contributed by atoms with Crippen LogP contribution in [0.15, 0.2) is 12.1 Å². The van der Waals surface area contributed by atoms with Crippen LogP contribution in [-0.2, 0) is 6.54 Å². The predicted octanol–water partition coefficient (Wildman–Crippen LogP) is 2.28. The summed E-state index contributed by atoms with van der Waals surface area (Å²) in [6, 6.07) is 4.35. The number of likely N-dealkylation sites (tertiary alicyclic amines) is 1. The number of nitrogens with zero attached hydrogens (tertiary/aromatic N) is 1. The first kappa shape index (κ1) is 14.0. The second-order valence-corrected chi connectivity index (χ2v) is 6.17. The van der Waals surface area contributed by atoms with E-state index in [-0.39, 0.29) is 0 Å². The highest BCUT2D eigenvalue weighted by atomic mass is 35.5. The molecule has 0 spiro atoms. The van der Waals surface area contributed by atoms with E-state index >= 15 is 0 Å². The Morgan fingerprint density at radius 3 is 2.95 bits per heavy atom. The van der Waals surface area contributed by atoms with E-state index < -0.39 is 0 Å². The smallest absolute Gasteiger partial charge is 0.179 e. The molecule has 110 valence electrons. The van der Waals surface area contributed by atoms with Gasteiger partial charge in [-0.3, -0.25) is 4.90 Å². The number of piperidine rings is 1. The van der Waals surface area contributed by atoms with Crippen molar-refractivity contribution in [3.05, 3.63) is 22.7 Å². The fourth-order valence-electron chi connectivity index (χ4n) is 2.91. The summed E-state index contributed by atoms with van der Waals surface area (Å²) in [4.78, 5) is 2.43.